The molecule has 0 N–H and O–H groups in total. The SMILES string of the molecule is CCc1ccc(/C=c2\sc3nc([C@@H]4COc5ccccc5O4)nn3c2=O)cc1. The van der Waals surface area contributed by atoms with E-state index in [0.717, 1.165) is 12.0 Å². The molecule has 2 aromatic heterocycles. The molecule has 1 atom stereocenters. The van der Waals surface area contributed by atoms with Crippen LogP contribution < -0.4 is 19.6 Å². The first-order valence-corrected chi connectivity index (χ1v) is 9.91. The first kappa shape index (κ1) is 16.9. The molecular formula is C21H17N3O3S. The number of thiazole rings is 1. The Labute approximate surface area is 164 Å². The number of aryl methyl sites for hydroxylation is 1. The van der Waals surface area contributed by atoms with E-state index in [-0.39, 0.29) is 5.56 Å². The summed E-state index contributed by atoms with van der Waals surface area (Å²) in [4.78, 5) is 17.8. The van der Waals surface area contributed by atoms with E-state index in [1.54, 1.807) is 0 Å². The van der Waals surface area contributed by atoms with Gasteiger partial charge in [0.15, 0.2) is 23.4 Å². The Kier molecular flexibility index (Phi) is 4.09. The third-order valence-electron chi connectivity index (χ3n) is 4.68. The van der Waals surface area contributed by atoms with Gasteiger partial charge in [0.05, 0.1) is 4.53 Å². The van der Waals surface area contributed by atoms with Crippen LogP contribution in [0.2, 0.25) is 0 Å². The number of aromatic nitrogens is 3. The van der Waals surface area contributed by atoms with Crippen molar-refractivity contribution in [1.29, 1.82) is 0 Å². The number of rotatable bonds is 3. The van der Waals surface area contributed by atoms with Crippen molar-refractivity contribution in [2.45, 2.75) is 19.4 Å². The smallest absolute Gasteiger partial charge is 0.291 e. The summed E-state index contributed by atoms with van der Waals surface area (Å²) in [5.74, 6) is 1.82. The van der Waals surface area contributed by atoms with E-state index in [2.05, 4.69) is 29.1 Å². The van der Waals surface area contributed by atoms with E-state index >= 15 is 0 Å². The summed E-state index contributed by atoms with van der Waals surface area (Å²) in [5, 5.41) is 4.38. The second-order valence-electron chi connectivity index (χ2n) is 6.54. The molecule has 0 amide bonds. The summed E-state index contributed by atoms with van der Waals surface area (Å²) in [5.41, 5.74) is 2.08. The van der Waals surface area contributed by atoms with E-state index in [0.29, 0.717) is 33.4 Å². The summed E-state index contributed by atoms with van der Waals surface area (Å²) in [6, 6.07) is 15.7. The van der Waals surface area contributed by atoms with Gasteiger partial charge < -0.3 is 9.47 Å². The predicted molar refractivity (Wildman–Crippen MR) is 107 cm³/mol. The molecule has 140 valence electrons. The average molecular weight is 391 g/mol. The van der Waals surface area contributed by atoms with Gasteiger partial charge >= 0.3 is 0 Å². The molecule has 1 aliphatic rings. The van der Waals surface area contributed by atoms with Crippen LogP contribution in [0.1, 0.15) is 30.0 Å². The molecule has 3 heterocycles. The third kappa shape index (κ3) is 2.93. The van der Waals surface area contributed by atoms with Crippen LogP contribution in [0.25, 0.3) is 11.0 Å². The Morgan fingerprint density at radius 3 is 2.71 bits per heavy atom. The molecule has 0 saturated heterocycles. The second-order valence-corrected chi connectivity index (χ2v) is 7.55. The van der Waals surface area contributed by atoms with Gasteiger partial charge in [0.25, 0.3) is 5.56 Å². The van der Waals surface area contributed by atoms with E-state index in [1.165, 1.54) is 21.4 Å². The zero-order valence-electron chi connectivity index (χ0n) is 15.2. The van der Waals surface area contributed by atoms with Crippen molar-refractivity contribution in [2.75, 3.05) is 6.61 Å². The molecule has 5 rings (SSSR count). The standard InChI is InChI=1S/C21H17N3O3S/c1-2-13-7-9-14(10-8-13)11-18-20(25)24-21(28-18)22-19(23-24)17-12-26-15-5-3-4-6-16(15)27-17/h3-11,17H,2,12H2,1H3/b18-11-/t17-/m0/s1. The van der Waals surface area contributed by atoms with Crippen LogP contribution in [0.4, 0.5) is 0 Å². The van der Waals surface area contributed by atoms with Crippen molar-refractivity contribution in [3.05, 3.63) is 80.4 Å². The highest BCUT2D eigenvalue weighted by molar-refractivity contribution is 7.15. The molecular weight excluding hydrogens is 374 g/mol. The van der Waals surface area contributed by atoms with Gasteiger partial charge in [-0.2, -0.15) is 9.50 Å². The minimum atomic E-state index is -0.435. The van der Waals surface area contributed by atoms with Crippen molar-refractivity contribution in [2.24, 2.45) is 0 Å². The fraction of sp³-hybridized carbons (Fsp3) is 0.190. The molecule has 0 radical (unpaired) electrons. The Morgan fingerprint density at radius 2 is 1.96 bits per heavy atom. The van der Waals surface area contributed by atoms with E-state index in [4.69, 9.17) is 9.47 Å². The van der Waals surface area contributed by atoms with Gasteiger partial charge in [-0.05, 0) is 35.8 Å². The van der Waals surface area contributed by atoms with Gasteiger partial charge in [-0.3, -0.25) is 4.79 Å². The molecule has 0 spiro atoms. The van der Waals surface area contributed by atoms with Crippen molar-refractivity contribution in [1.82, 2.24) is 14.6 Å². The van der Waals surface area contributed by atoms with E-state index < -0.39 is 6.10 Å². The molecule has 0 fully saturated rings. The Morgan fingerprint density at radius 1 is 1.18 bits per heavy atom. The lowest BCUT2D eigenvalue weighted by Gasteiger charge is -2.24. The van der Waals surface area contributed by atoms with Crippen molar-refractivity contribution >= 4 is 22.4 Å². The van der Waals surface area contributed by atoms with Crippen LogP contribution in [0, 0.1) is 0 Å². The monoisotopic (exact) mass is 391 g/mol. The molecule has 0 saturated carbocycles. The molecule has 2 aromatic carbocycles. The molecule has 6 nitrogen and oxygen atoms in total. The molecule has 4 aromatic rings. The normalized spacial score (nSPS) is 16.6. The van der Waals surface area contributed by atoms with Crippen LogP contribution in [-0.2, 0) is 6.42 Å². The third-order valence-corrected chi connectivity index (χ3v) is 5.64. The molecule has 1 aliphatic heterocycles. The molecule has 0 bridgehead atoms. The van der Waals surface area contributed by atoms with Crippen molar-refractivity contribution in [3.63, 3.8) is 0 Å². The Balaban J connectivity index is 1.47. The predicted octanol–water partition coefficient (Wildman–Crippen LogP) is 2.77. The largest absolute Gasteiger partial charge is 0.485 e. The molecule has 7 heteroatoms. The highest BCUT2D eigenvalue weighted by Gasteiger charge is 2.26. The zero-order chi connectivity index (χ0) is 19.1. The molecule has 0 aliphatic carbocycles. The summed E-state index contributed by atoms with van der Waals surface area (Å²) in [7, 11) is 0. The molecule has 28 heavy (non-hydrogen) atoms. The van der Waals surface area contributed by atoms with Crippen LogP contribution in [-0.4, -0.2) is 21.2 Å². The van der Waals surface area contributed by atoms with Gasteiger partial charge in [-0.15, -0.1) is 5.10 Å². The summed E-state index contributed by atoms with van der Waals surface area (Å²) in [6.45, 7) is 2.43. The Bertz CT molecular complexity index is 1260. The lowest BCUT2D eigenvalue weighted by Crippen LogP contribution is -2.26. The first-order valence-electron chi connectivity index (χ1n) is 9.10. The van der Waals surface area contributed by atoms with Gasteiger partial charge in [0.2, 0.25) is 4.96 Å². The highest BCUT2D eigenvalue weighted by atomic mass is 32.1. The lowest BCUT2D eigenvalue weighted by molar-refractivity contribution is 0.0852. The number of benzene rings is 2. The van der Waals surface area contributed by atoms with Crippen LogP contribution in [0.15, 0.2) is 53.3 Å². The second kappa shape index (κ2) is 6.76. The van der Waals surface area contributed by atoms with Gasteiger partial charge in [0, 0.05) is 0 Å². The minimum Gasteiger partial charge on any atom is -0.485 e. The maximum atomic E-state index is 12.7. The number of hydrogen-bond acceptors (Lipinski definition) is 6. The fourth-order valence-electron chi connectivity index (χ4n) is 3.13. The maximum Gasteiger partial charge on any atom is 0.291 e. The van der Waals surface area contributed by atoms with E-state index in [9.17, 15) is 4.79 Å². The molecule has 0 unspecified atom stereocenters. The average Bonchev–Trinajstić information content (AvgIpc) is 3.28. The number of para-hydroxylation sites is 2. The lowest BCUT2D eigenvalue weighted by atomic mass is 10.1. The Hall–Kier alpha value is -3.19. The van der Waals surface area contributed by atoms with Crippen molar-refractivity contribution in [3.8, 4) is 11.5 Å². The summed E-state index contributed by atoms with van der Waals surface area (Å²) in [6.07, 6.45) is 2.43. The van der Waals surface area contributed by atoms with Crippen molar-refractivity contribution < 1.29 is 9.47 Å². The number of hydrogen-bond donors (Lipinski definition) is 0. The first-order chi connectivity index (χ1) is 13.7. The number of fused-ring (bicyclic) bond motifs is 2. The number of nitrogens with zero attached hydrogens (tertiary/aromatic N) is 3. The van der Waals surface area contributed by atoms with Gasteiger partial charge in [0.1, 0.15) is 6.61 Å². The minimum absolute atomic E-state index is 0.171. The van der Waals surface area contributed by atoms with Gasteiger partial charge in [-0.1, -0.05) is 54.7 Å². The fourth-order valence-corrected chi connectivity index (χ4v) is 4.05. The van der Waals surface area contributed by atoms with Crippen LogP contribution >= 0.6 is 11.3 Å². The summed E-state index contributed by atoms with van der Waals surface area (Å²) >= 11 is 1.32. The van der Waals surface area contributed by atoms with Crippen LogP contribution in [0.5, 0.6) is 11.5 Å². The van der Waals surface area contributed by atoms with E-state index in [1.807, 2.05) is 42.5 Å². The number of ether oxygens (including phenoxy) is 2. The van der Waals surface area contributed by atoms with Gasteiger partial charge in [-0.25, -0.2) is 0 Å². The topological polar surface area (TPSA) is 65.7 Å². The van der Waals surface area contributed by atoms with Crippen LogP contribution in [0.3, 0.4) is 0 Å². The maximum absolute atomic E-state index is 12.7. The highest BCUT2D eigenvalue weighted by Crippen LogP contribution is 2.35. The quantitative estimate of drug-likeness (QED) is 0.537. The zero-order valence-corrected chi connectivity index (χ0v) is 16.0. The summed E-state index contributed by atoms with van der Waals surface area (Å²) < 4.78 is 13.6.